The Morgan fingerprint density at radius 1 is 1.15 bits per heavy atom. The Bertz CT molecular complexity index is 774. The van der Waals surface area contributed by atoms with Gasteiger partial charge in [-0.25, -0.2) is 13.2 Å². The molecule has 0 bridgehead atoms. The van der Waals surface area contributed by atoms with Crippen LogP contribution in [0.4, 0.5) is 4.79 Å². The summed E-state index contributed by atoms with van der Waals surface area (Å²) in [6.07, 6.45) is 0. The first-order valence-corrected chi connectivity index (χ1v) is 9.80. The van der Waals surface area contributed by atoms with E-state index in [1.807, 2.05) is 13.8 Å². The van der Waals surface area contributed by atoms with Gasteiger partial charge in [-0.05, 0) is 23.6 Å². The number of urea groups is 1. The van der Waals surface area contributed by atoms with Crippen molar-refractivity contribution < 1.29 is 23.1 Å². The lowest BCUT2D eigenvalue weighted by Crippen LogP contribution is -2.60. The molecule has 0 saturated carbocycles. The Morgan fingerprint density at radius 2 is 1.73 bits per heavy atom. The number of carboxylic acids is 1. The SMILES string of the molecule is CC(C)c1ccc(S(=O)(=O)N2CCN(C(=O)N(C)C)CC2C(=O)O)cc1. The van der Waals surface area contributed by atoms with Crippen molar-refractivity contribution in [2.75, 3.05) is 33.7 Å². The highest BCUT2D eigenvalue weighted by Crippen LogP contribution is 2.24. The van der Waals surface area contributed by atoms with E-state index in [0.717, 1.165) is 9.87 Å². The average molecular weight is 383 g/mol. The molecule has 1 aromatic carbocycles. The van der Waals surface area contributed by atoms with Crippen molar-refractivity contribution in [1.82, 2.24) is 14.1 Å². The second-order valence-corrected chi connectivity index (χ2v) is 8.71. The van der Waals surface area contributed by atoms with E-state index in [1.54, 1.807) is 26.2 Å². The Kier molecular flexibility index (Phi) is 5.92. The molecular weight excluding hydrogens is 358 g/mol. The van der Waals surface area contributed by atoms with Gasteiger partial charge < -0.3 is 14.9 Å². The van der Waals surface area contributed by atoms with Crippen LogP contribution in [0, 0.1) is 0 Å². The Balaban J connectivity index is 2.30. The minimum absolute atomic E-state index is 0.0561. The first-order chi connectivity index (χ1) is 12.1. The standard InChI is InChI=1S/C17H25N3O5S/c1-12(2)13-5-7-14(8-6-13)26(24,25)20-10-9-19(17(23)18(3)4)11-15(20)16(21)22/h5-8,12,15H,9-11H2,1-4H3,(H,21,22). The monoisotopic (exact) mass is 383 g/mol. The smallest absolute Gasteiger partial charge is 0.323 e. The Labute approximate surface area is 154 Å². The molecule has 9 heteroatoms. The zero-order valence-electron chi connectivity index (χ0n) is 15.4. The molecule has 1 aliphatic heterocycles. The van der Waals surface area contributed by atoms with E-state index >= 15 is 0 Å². The second kappa shape index (κ2) is 7.63. The number of hydrogen-bond acceptors (Lipinski definition) is 4. The van der Waals surface area contributed by atoms with E-state index in [1.165, 1.54) is 21.9 Å². The topological polar surface area (TPSA) is 98.2 Å². The number of benzene rings is 1. The summed E-state index contributed by atoms with van der Waals surface area (Å²) in [5.74, 6) is -1.01. The van der Waals surface area contributed by atoms with Crippen LogP contribution < -0.4 is 0 Å². The number of hydrogen-bond donors (Lipinski definition) is 1. The summed E-state index contributed by atoms with van der Waals surface area (Å²) in [5.41, 5.74) is 1.00. The molecular formula is C17H25N3O5S. The summed E-state index contributed by atoms with van der Waals surface area (Å²) >= 11 is 0. The number of amides is 2. The van der Waals surface area contributed by atoms with Crippen LogP contribution in [0.2, 0.25) is 0 Å². The van der Waals surface area contributed by atoms with E-state index in [2.05, 4.69) is 0 Å². The van der Waals surface area contributed by atoms with Crippen LogP contribution in [0.1, 0.15) is 25.3 Å². The third-order valence-corrected chi connectivity index (χ3v) is 6.35. The molecule has 2 rings (SSSR count). The molecule has 8 nitrogen and oxygen atoms in total. The zero-order chi connectivity index (χ0) is 19.6. The molecule has 26 heavy (non-hydrogen) atoms. The largest absolute Gasteiger partial charge is 0.480 e. The van der Waals surface area contributed by atoms with E-state index in [9.17, 15) is 23.1 Å². The van der Waals surface area contributed by atoms with Crippen LogP contribution in [-0.2, 0) is 14.8 Å². The number of piperazine rings is 1. The normalized spacial score (nSPS) is 18.8. The van der Waals surface area contributed by atoms with Crippen molar-refractivity contribution in [1.29, 1.82) is 0 Å². The van der Waals surface area contributed by atoms with Crippen molar-refractivity contribution in [2.45, 2.75) is 30.7 Å². The lowest BCUT2D eigenvalue weighted by molar-refractivity contribution is -0.142. The number of rotatable bonds is 4. The van der Waals surface area contributed by atoms with Crippen molar-refractivity contribution in [3.8, 4) is 0 Å². The number of carbonyl (C=O) groups excluding carboxylic acids is 1. The molecule has 1 saturated heterocycles. The highest BCUT2D eigenvalue weighted by Gasteiger charge is 2.41. The summed E-state index contributed by atoms with van der Waals surface area (Å²) in [6, 6.07) is 4.82. The van der Waals surface area contributed by atoms with Crippen LogP contribution in [0.25, 0.3) is 0 Å². The number of carboxylic acid groups (broad SMARTS) is 1. The third kappa shape index (κ3) is 3.99. The number of carbonyl (C=O) groups is 2. The van der Waals surface area contributed by atoms with Gasteiger partial charge in [0, 0.05) is 33.7 Å². The summed E-state index contributed by atoms with van der Waals surface area (Å²) in [7, 11) is -0.833. The molecule has 2 amide bonds. The zero-order valence-corrected chi connectivity index (χ0v) is 16.2. The lowest BCUT2D eigenvalue weighted by atomic mass is 10.0. The van der Waals surface area contributed by atoms with Gasteiger partial charge in [0.05, 0.1) is 4.90 Å². The van der Waals surface area contributed by atoms with Crippen LogP contribution in [0.3, 0.4) is 0 Å². The number of aliphatic carboxylic acids is 1. The van der Waals surface area contributed by atoms with Crippen molar-refractivity contribution in [3.63, 3.8) is 0 Å². The summed E-state index contributed by atoms with van der Waals surface area (Å²) in [5, 5.41) is 9.52. The highest BCUT2D eigenvalue weighted by molar-refractivity contribution is 7.89. The molecule has 1 heterocycles. The first kappa shape index (κ1) is 20.2. The van der Waals surface area contributed by atoms with Gasteiger partial charge >= 0.3 is 12.0 Å². The molecule has 0 aromatic heterocycles. The molecule has 144 valence electrons. The quantitative estimate of drug-likeness (QED) is 0.844. The fourth-order valence-electron chi connectivity index (χ4n) is 2.87. The Morgan fingerprint density at radius 3 is 2.19 bits per heavy atom. The minimum atomic E-state index is -3.97. The van der Waals surface area contributed by atoms with Gasteiger partial charge in [0.25, 0.3) is 0 Å². The number of sulfonamides is 1. The molecule has 1 aromatic rings. The molecule has 0 radical (unpaired) electrons. The lowest BCUT2D eigenvalue weighted by Gasteiger charge is -2.39. The molecule has 1 atom stereocenters. The van der Waals surface area contributed by atoms with Crippen molar-refractivity contribution >= 4 is 22.0 Å². The fourth-order valence-corrected chi connectivity index (χ4v) is 4.44. The summed E-state index contributed by atoms with van der Waals surface area (Å²) in [4.78, 5) is 26.5. The molecule has 0 aliphatic carbocycles. The molecule has 0 spiro atoms. The van der Waals surface area contributed by atoms with Crippen LogP contribution in [0.5, 0.6) is 0 Å². The predicted molar refractivity (Wildman–Crippen MR) is 96.5 cm³/mol. The van der Waals surface area contributed by atoms with E-state index < -0.39 is 22.0 Å². The molecule has 1 aliphatic rings. The third-order valence-electron chi connectivity index (χ3n) is 4.42. The Hall–Kier alpha value is -2.13. The van der Waals surface area contributed by atoms with Gasteiger partial charge in [0.15, 0.2) is 0 Å². The second-order valence-electron chi connectivity index (χ2n) is 6.82. The van der Waals surface area contributed by atoms with Gasteiger partial charge in [0.2, 0.25) is 10.0 Å². The fraction of sp³-hybridized carbons (Fsp3) is 0.529. The minimum Gasteiger partial charge on any atom is -0.480 e. The maximum atomic E-state index is 12.9. The van der Waals surface area contributed by atoms with Gasteiger partial charge in [-0.15, -0.1) is 0 Å². The van der Waals surface area contributed by atoms with Crippen molar-refractivity contribution in [3.05, 3.63) is 29.8 Å². The first-order valence-electron chi connectivity index (χ1n) is 8.36. The molecule has 1 N–H and O–H groups in total. The molecule has 1 fully saturated rings. The number of nitrogens with zero attached hydrogens (tertiary/aromatic N) is 3. The average Bonchev–Trinajstić information content (AvgIpc) is 2.60. The summed E-state index contributed by atoms with van der Waals surface area (Å²) < 4.78 is 26.9. The van der Waals surface area contributed by atoms with E-state index in [4.69, 9.17) is 0 Å². The predicted octanol–water partition coefficient (Wildman–Crippen LogP) is 1.25. The van der Waals surface area contributed by atoms with Gasteiger partial charge in [0.1, 0.15) is 6.04 Å². The van der Waals surface area contributed by atoms with E-state index in [-0.39, 0.29) is 36.5 Å². The highest BCUT2D eigenvalue weighted by atomic mass is 32.2. The molecule has 1 unspecified atom stereocenters. The van der Waals surface area contributed by atoms with Gasteiger partial charge in [-0.3, -0.25) is 4.79 Å². The summed E-state index contributed by atoms with van der Waals surface area (Å²) in [6.45, 7) is 3.90. The maximum absolute atomic E-state index is 12.9. The van der Waals surface area contributed by atoms with E-state index in [0.29, 0.717) is 0 Å². The van der Waals surface area contributed by atoms with Crippen LogP contribution in [-0.4, -0.2) is 79.4 Å². The van der Waals surface area contributed by atoms with Gasteiger partial charge in [-0.2, -0.15) is 4.31 Å². The van der Waals surface area contributed by atoms with Crippen molar-refractivity contribution in [2.24, 2.45) is 0 Å². The van der Waals surface area contributed by atoms with Gasteiger partial charge in [-0.1, -0.05) is 26.0 Å². The van der Waals surface area contributed by atoms with Crippen LogP contribution in [0.15, 0.2) is 29.2 Å². The maximum Gasteiger partial charge on any atom is 0.323 e. The van der Waals surface area contributed by atoms with Crippen LogP contribution >= 0.6 is 0 Å².